The van der Waals surface area contributed by atoms with Crippen LogP contribution >= 0.6 is 0 Å². The smallest absolute Gasteiger partial charge is 0.221 e. The van der Waals surface area contributed by atoms with Gasteiger partial charge in [-0.1, -0.05) is 42.5 Å². The zero-order valence-corrected chi connectivity index (χ0v) is 14.9. The van der Waals surface area contributed by atoms with Crippen LogP contribution in [-0.4, -0.2) is 22.6 Å². The minimum absolute atomic E-state index is 0.0528. The third-order valence-electron chi connectivity index (χ3n) is 4.41. The summed E-state index contributed by atoms with van der Waals surface area (Å²) in [5, 5.41) is 13.1. The molecule has 1 aliphatic carbocycles. The SMILES string of the molecule is CC(=O)Nc1c(Oc2ccccc2)cc(O)c2c1C(=O)c1ccccc1C2=O. The van der Waals surface area contributed by atoms with Gasteiger partial charge in [-0.2, -0.15) is 0 Å². The lowest BCUT2D eigenvalue weighted by molar-refractivity contribution is -0.114. The molecule has 0 aliphatic heterocycles. The van der Waals surface area contributed by atoms with Crippen molar-refractivity contribution < 1.29 is 24.2 Å². The molecule has 0 unspecified atom stereocenters. The zero-order valence-electron chi connectivity index (χ0n) is 14.9. The van der Waals surface area contributed by atoms with Crippen LogP contribution in [0.5, 0.6) is 17.2 Å². The van der Waals surface area contributed by atoms with Gasteiger partial charge in [-0.05, 0) is 12.1 Å². The first kappa shape index (κ1) is 17.5. The van der Waals surface area contributed by atoms with Crippen LogP contribution < -0.4 is 10.1 Å². The van der Waals surface area contributed by atoms with Gasteiger partial charge in [0, 0.05) is 24.1 Å². The van der Waals surface area contributed by atoms with Gasteiger partial charge in [0.15, 0.2) is 17.3 Å². The number of phenolic OH excluding ortho intramolecular Hbond substituents is 1. The Morgan fingerprint density at radius 3 is 2.07 bits per heavy atom. The fourth-order valence-corrected chi connectivity index (χ4v) is 3.25. The van der Waals surface area contributed by atoms with Gasteiger partial charge in [-0.25, -0.2) is 0 Å². The van der Waals surface area contributed by atoms with E-state index in [1.54, 1.807) is 36.4 Å². The number of ketones is 2. The maximum Gasteiger partial charge on any atom is 0.221 e. The summed E-state index contributed by atoms with van der Waals surface area (Å²) in [5.74, 6) is -1.27. The second-order valence-corrected chi connectivity index (χ2v) is 6.32. The van der Waals surface area contributed by atoms with Crippen molar-refractivity contribution in [3.05, 3.63) is 82.9 Å². The van der Waals surface area contributed by atoms with E-state index in [1.165, 1.54) is 25.1 Å². The lowest BCUT2D eigenvalue weighted by Crippen LogP contribution is -2.24. The van der Waals surface area contributed by atoms with Crippen molar-refractivity contribution in [2.75, 3.05) is 5.32 Å². The monoisotopic (exact) mass is 373 g/mol. The average Bonchev–Trinajstić information content (AvgIpc) is 2.68. The number of ether oxygens (including phenoxy) is 1. The molecule has 4 rings (SSSR count). The second kappa shape index (κ2) is 6.66. The highest BCUT2D eigenvalue weighted by molar-refractivity contribution is 6.31. The van der Waals surface area contributed by atoms with Crippen LogP contribution in [0.4, 0.5) is 5.69 Å². The largest absolute Gasteiger partial charge is 0.507 e. The third kappa shape index (κ3) is 2.81. The predicted octanol–water partition coefficient (Wildman–Crippen LogP) is 3.92. The Bertz CT molecular complexity index is 1140. The van der Waals surface area contributed by atoms with E-state index in [9.17, 15) is 19.5 Å². The molecule has 2 N–H and O–H groups in total. The summed E-state index contributed by atoms with van der Waals surface area (Å²) in [6.45, 7) is 1.29. The number of fused-ring (bicyclic) bond motifs is 2. The molecule has 28 heavy (non-hydrogen) atoms. The number of rotatable bonds is 3. The van der Waals surface area contributed by atoms with Gasteiger partial charge in [0.1, 0.15) is 11.5 Å². The summed E-state index contributed by atoms with van der Waals surface area (Å²) in [6.07, 6.45) is 0. The van der Waals surface area contributed by atoms with Crippen molar-refractivity contribution >= 4 is 23.2 Å². The van der Waals surface area contributed by atoms with Gasteiger partial charge in [-0.3, -0.25) is 14.4 Å². The molecule has 3 aromatic rings. The molecule has 0 fully saturated rings. The number of anilines is 1. The molecule has 6 heteroatoms. The summed E-state index contributed by atoms with van der Waals surface area (Å²) < 4.78 is 5.79. The molecular weight excluding hydrogens is 358 g/mol. The van der Waals surface area contributed by atoms with E-state index >= 15 is 0 Å². The fraction of sp³-hybridized carbons (Fsp3) is 0.0455. The highest BCUT2D eigenvalue weighted by Crippen LogP contribution is 2.44. The van der Waals surface area contributed by atoms with Crippen LogP contribution in [0.15, 0.2) is 60.7 Å². The summed E-state index contributed by atoms with van der Waals surface area (Å²) in [6, 6.07) is 16.3. The van der Waals surface area contributed by atoms with Crippen LogP contribution in [-0.2, 0) is 4.79 Å². The Morgan fingerprint density at radius 1 is 0.893 bits per heavy atom. The molecule has 0 bridgehead atoms. The van der Waals surface area contributed by atoms with Gasteiger partial charge in [0.2, 0.25) is 5.91 Å². The Morgan fingerprint density at radius 2 is 1.46 bits per heavy atom. The molecule has 0 atom stereocenters. The molecule has 0 saturated heterocycles. The number of carbonyl (C=O) groups excluding carboxylic acids is 3. The topological polar surface area (TPSA) is 92.7 Å². The summed E-state index contributed by atoms with van der Waals surface area (Å²) >= 11 is 0. The van der Waals surface area contributed by atoms with Gasteiger partial charge >= 0.3 is 0 Å². The van der Waals surface area contributed by atoms with E-state index in [-0.39, 0.29) is 39.4 Å². The van der Waals surface area contributed by atoms with E-state index in [0.29, 0.717) is 5.75 Å². The van der Waals surface area contributed by atoms with Crippen LogP contribution in [0.2, 0.25) is 0 Å². The Kier molecular flexibility index (Phi) is 4.16. The first-order chi connectivity index (χ1) is 13.5. The lowest BCUT2D eigenvalue weighted by Gasteiger charge is -2.23. The zero-order chi connectivity index (χ0) is 19.8. The molecule has 138 valence electrons. The minimum Gasteiger partial charge on any atom is -0.507 e. The fourth-order valence-electron chi connectivity index (χ4n) is 3.25. The van der Waals surface area contributed by atoms with Crippen molar-refractivity contribution in [2.45, 2.75) is 6.92 Å². The number of benzene rings is 3. The Labute approximate surface area is 160 Å². The molecule has 3 aromatic carbocycles. The van der Waals surface area contributed by atoms with Crippen LogP contribution in [0.3, 0.4) is 0 Å². The van der Waals surface area contributed by atoms with E-state index in [2.05, 4.69) is 5.32 Å². The van der Waals surface area contributed by atoms with Crippen molar-refractivity contribution in [2.24, 2.45) is 0 Å². The molecule has 6 nitrogen and oxygen atoms in total. The molecule has 0 aromatic heterocycles. The minimum atomic E-state index is -0.486. The van der Waals surface area contributed by atoms with Crippen LogP contribution in [0, 0.1) is 0 Å². The van der Waals surface area contributed by atoms with Crippen LogP contribution in [0.1, 0.15) is 38.8 Å². The molecule has 0 radical (unpaired) electrons. The van der Waals surface area contributed by atoms with Crippen LogP contribution in [0.25, 0.3) is 0 Å². The molecule has 1 amide bonds. The quantitative estimate of drug-likeness (QED) is 0.531. The number of para-hydroxylation sites is 1. The summed E-state index contributed by atoms with van der Waals surface area (Å²) in [4.78, 5) is 37.9. The lowest BCUT2D eigenvalue weighted by atomic mass is 9.82. The Hall–Kier alpha value is -3.93. The van der Waals surface area contributed by atoms with Crippen molar-refractivity contribution in [3.8, 4) is 17.2 Å². The maximum absolute atomic E-state index is 13.1. The van der Waals surface area contributed by atoms with Crippen molar-refractivity contribution in [1.29, 1.82) is 0 Å². The van der Waals surface area contributed by atoms with E-state index in [1.807, 2.05) is 6.07 Å². The standard InChI is InChI=1S/C22H15NO5/c1-12(24)23-20-17(28-13-7-3-2-4-8-13)11-16(25)18-19(20)22(27)15-10-6-5-9-14(15)21(18)26/h2-11,25H,1H3,(H,23,24). The normalized spacial score (nSPS) is 12.2. The number of carbonyl (C=O) groups is 3. The predicted molar refractivity (Wildman–Crippen MR) is 102 cm³/mol. The first-order valence-electron chi connectivity index (χ1n) is 8.56. The number of nitrogens with one attached hydrogen (secondary N) is 1. The molecule has 0 heterocycles. The summed E-state index contributed by atoms with van der Waals surface area (Å²) in [5.41, 5.74) is 0.248. The van der Waals surface area contributed by atoms with Gasteiger partial charge < -0.3 is 15.2 Å². The van der Waals surface area contributed by atoms with E-state index in [4.69, 9.17) is 4.74 Å². The van der Waals surface area contributed by atoms with Gasteiger partial charge in [0.05, 0.1) is 16.8 Å². The molecule has 0 saturated carbocycles. The maximum atomic E-state index is 13.1. The van der Waals surface area contributed by atoms with Crippen molar-refractivity contribution in [1.82, 2.24) is 0 Å². The molecule has 1 aliphatic rings. The highest BCUT2D eigenvalue weighted by atomic mass is 16.5. The van der Waals surface area contributed by atoms with E-state index < -0.39 is 17.5 Å². The number of aromatic hydroxyl groups is 1. The first-order valence-corrected chi connectivity index (χ1v) is 8.56. The number of amides is 1. The second-order valence-electron chi connectivity index (χ2n) is 6.32. The van der Waals surface area contributed by atoms with Gasteiger partial charge in [0.25, 0.3) is 0 Å². The highest BCUT2D eigenvalue weighted by Gasteiger charge is 2.36. The molecule has 0 spiro atoms. The third-order valence-corrected chi connectivity index (χ3v) is 4.41. The number of hydrogen-bond donors (Lipinski definition) is 2. The Balaban J connectivity index is 1.96. The van der Waals surface area contributed by atoms with Crippen molar-refractivity contribution in [3.63, 3.8) is 0 Å². The molecular formula is C22H15NO5. The van der Waals surface area contributed by atoms with E-state index in [0.717, 1.165) is 0 Å². The number of hydrogen-bond acceptors (Lipinski definition) is 5. The number of phenols is 1. The van der Waals surface area contributed by atoms with Gasteiger partial charge in [-0.15, -0.1) is 0 Å². The average molecular weight is 373 g/mol. The summed E-state index contributed by atoms with van der Waals surface area (Å²) in [7, 11) is 0.